The zero-order valence-electron chi connectivity index (χ0n) is 18.1. The van der Waals surface area contributed by atoms with Gasteiger partial charge >= 0.3 is 6.09 Å². The average molecular weight is 520 g/mol. The van der Waals surface area contributed by atoms with Gasteiger partial charge in [0.2, 0.25) is 0 Å². The Morgan fingerprint density at radius 1 is 1.03 bits per heavy atom. The molecule has 3 aromatic rings. The third-order valence-electron chi connectivity index (χ3n) is 5.72. The maximum atomic E-state index is 13.3. The minimum atomic E-state index is -0.473. The molecule has 0 radical (unpaired) electrons. The second-order valence-corrected chi connectivity index (χ2v) is 8.98. The van der Waals surface area contributed by atoms with Crippen LogP contribution in [0.15, 0.2) is 82.5 Å². The molecule has 2 aliphatic rings. The van der Waals surface area contributed by atoms with E-state index in [-0.39, 0.29) is 18.1 Å². The lowest BCUT2D eigenvalue weighted by atomic mass is 10.0. The van der Waals surface area contributed by atoms with Gasteiger partial charge in [0, 0.05) is 41.4 Å². The van der Waals surface area contributed by atoms with Crippen molar-refractivity contribution in [2.24, 2.45) is 5.10 Å². The Bertz CT molecular complexity index is 1210. The number of carbonyl (C=O) groups is 2. The fourth-order valence-electron chi connectivity index (χ4n) is 3.79. The van der Waals surface area contributed by atoms with Crippen molar-refractivity contribution in [2.45, 2.75) is 18.6 Å². The molecule has 2 N–H and O–H groups in total. The number of rotatable bonds is 5. The summed E-state index contributed by atoms with van der Waals surface area (Å²) in [5.74, 6) is -0.190. The van der Waals surface area contributed by atoms with Crippen molar-refractivity contribution in [1.29, 1.82) is 0 Å². The average Bonchev–Trinajstić information content (AvgIpc) is 3.28. The van der Waals surface area contributed by atoms with Gasteiger partial charge in [0.15, 0.2) is 0 Å². The lowest BCUT2D eigenvalue weighted by Crippen LogP contribution is -2.49. The van der Waals surface area contributed by atoms with Crippen molar-refractivity contribution < 1.29 is 14.3 Å². The van der Waals surface area contributed by atoms with E-state index in [4.69, 9.17) is 9.84 Å². The number of hydrogen-bond donors (Lipinski definition) is 2. The number of nitrogens with one attached hydrogen (secondary N) is 2. The molecule has 1 saturated heterocycles. The van der Waals surface area contributed by atoms with E-state index in [2.05, 4.69) is 31.5 Å². The van der Waals surface area contributed by atoms with Crippen LogP contribution < -0.4 is 10.6 Å². The van der Waals surface area contributed by atoms with Crippen LogP contribution in [-0.4, -0.2) is 46.9 Å². The quantitative estimate of drug-likeness (QED) is 0.522. The van der Waals surface area contributed by atoms with Gasteiger partial charge in [-0.3, -0.25) is 15.1 Å². The molecule has 34 heavy (non-hydrogen) atoms. The van der Waals surface area contributed by atoms with Gasteiger partial charge in [-0.2, -0.15) is 5.10 Å². The molecule has 0 spiro atoms. The maximum absolute atomic E-state index is 13.3. The summed E-state index contributed by atoms with van der Waals surface area (Å²) in [4.78, 5) is 29.8. The number of amides is 2. The highest BCUT2D eigenvalue weighted by atomic mass is 79.9. The SMILES string of the molecule is O=C(Nc1ccc(C2=NN(C(=O)c3ccc(Br)cc3)C(c3ccccn3)C2)cc1)OC1CNC1. The zero-order valence-corrected chi connectivity index (χ0v) is 19.7. The lowest BCUT2D eigenvalue weighted by Gasteiger charge is -2.26. The predicted octanol–water partition coefficient (Wildman–Crippen LogP) is 4.36. The molecule has 3 heterocycles. The van der Waals surface area contributed by atoms with Crippen molar-refractivity contribution in [3.05, 3.63) is 94.2 Å². The van der Waals surface area contributed by atoms with Gasteiger partial charge in [-0.05, 0) is 54.1 Å². The lowest BCUT2D eigenvalue weighted by molar-refractivity contribution is 0.0707. The van der Waals surface area contributed by atoms with Crippen LogP contribution >= 0.6 is 15.9 Å². The molecule has 0 aliphatic carbocycles. The molecular formula is C25H22BrN5O3. The summed E-state index contributed by atoms with van der Waals surface area (Å²) in [5, 5.41) is 12.0. The van der Waals surface area contributed by atoms with E-state index in [0.717, 1.165) is 21.4 Å². The van der Waals surface area contributed by atoms with E-state index in [1.54, 1.807) is 30.5 Å². The van der Waals surface area contributed by atoms with Crippen LogP contribution in [-0.2, 0) is 4.74 Å². The van der Waals surface area contributed by atoms with E-state index >= 15 is 0 Å². The number of halogens is 1. The Kier molecular flexibility index (Phi) is 6.37. The van der Waals surface area contributed by atoms with Gasteiger partial charge in [-0.25, -0.2) is 9.80 Å². The molecule has 2 amide bonds. The van der Waals surface area contributed by atoms with Gasteiger partial charge in [0.25, 0.3) is 5.91 Å². The first-order valence-electron chi connectivity index (χ1n) is 10.9. The van der Waals surface area contributed by atoms with Crippen LogP contribution in [0, 0.1) is 0 Å². The summed E-state index contributed by atoms with van der Waals surface area (Å²) in [6, 6.07) is 19.9. The number of hydrazone groups is 1. The van der Waals surface area contributed by atoms with Crippen molar-refractivity contribution in [1.82, 2.24) is 15.3 Å². The van der Waals surface area contributed by atoms with Crippen LogP contribution in [0.25, 0.3) is 0 Å². The molecule has 2 aliphatic heterocycles. The maximum Gasteiger partial charge on any atom is 0.411 e. The highest BCUT2D eigenvalue weighted by molar-refractivity contribution is 9.10. The minimum Gasteiger partial charge on any atom is -0.443 e. The molecule has 1 aromatic heterocycles. The molecule has 0 bridgehead atoms. The van der Waals surface area contributed by atoms with Crippen LogP contribution in [0.3, 0.4) is 0 Å². The molecule has 5 rings (SSSR count). The Hall–Kier alpha value is -3.56. The molecule has 1 atom stereocenters. The molecule has 9 heteroatoms. The van der Waals surface area contributed by atoms with Crippen LogP contribution in [0.5, 0.6) is 0 Å². The van der Waals surface area contributed by atoms with Gasteiger partial charge in [-0.15, -0.1) is 0 Å². The first-order valence-corrected chi connectivity index (χ1v) is 11.7. The Balaban J connectivity index is 1.36. The molecule has 1 unspecified atom stereocenters. The Morgan fingerprint density at radius 2 is 1.79 bits per heavy atom. The summed E-state index contributed by atoms with van der Waals surface area (Å²) in [6.45, 7) is 1.36. The molecular weight excluding hydrogens is 498 g/mol. The zero-order chi connectivity index (χ0) is 23.5. The summed E-state index contributed by atoms with van der Waals surface area (Å²) in [6.07, 6.45) is 1.70. The topological polar surface area (TPSA) is 95.9 Å². The predicted molar refractivity (Wildman–Crippen MR) is 132 cm³/mol. The third-order valence-corrected chi connectivity index (χ3v) is 6.25. The summed E-state index contributed by atoms with van der Waals surface area (Å²) in [5.41, 5.74) is 3.60. The number of benzene rings is 2. The molecule has 8 nitrogen and oxygen atoms in total. The number of ether oxygens (including phenoxy) is 1. The highest BCUT2D eigenvalue weighted by Crippen LogP contribution is 2.33. The van der Waals surface area contributed by atoms with Crippen molar-refractivity contribution >= 4 is 39.3 Å². The normalized spacial score (nSPS) is 17.6. The van der Waals surface area contributed by atoms with Gasteiger partial charge in [-0.1, -0.05) is 34.1 Å². The van der Waals surface area contributed by atoms with Crippen molar-refractivity contribution in [3.63, 3.8) is 0 Å². The number of anilines is 1. The largest absolute Gasteiger partial charge is 0.443 e. The minimum absolute atomic E-state index is 0.0788. The highest BCUT2D eigenvalue weighted by Gasteiger charge is 2.34. The molecule has 1 fully saturated rings. The monoisotopic (exact) mass is 519 g/mol. The van der Waals surface area contributed by atoms with E-state index in [1.165, 1.54) is 5.01 Å². The van der Waals surface area contributed by atoms with E-state index in [9.17, 15) is 9.59 Å². The Morgan fingerprint density at radius 3 is 2.44 bits per heavy atom. The molecule has 172 valence electrons. The van der Waals surface area contributed by atoms with Crippen LogP contribution in [0.1, 0.15) is 34.1 Å². The standard InChI is InChI=1S/C25H22BrN5O3/c26-18-8-4-17(5-9-18)24(32)31-23(21-3-1-2-12-28-21)13-22(30-31)16-6-10-19(11-7-16)29-25(33)34-20-14-27-15-20/h1-12,20,23,27H,13-15H2,(H,29,33). The fraction of sp³-hybridized carbons (Fsp3) is 0.200. The first-order chi connectivity index (χ1) is 16.6. The fourth-order valence-corrected chi connectivity index (χ4v) is 4.05. The number of hydrogen-bond acceptors (Lipinski definition) is 6. The summed E-state index contributed by atoms with van der Waals surface area (Å²) < 4.78 is 6.18. The third kappa shape index (κ3) is 4.85. The first kappa shape index (κ1) is 22.2. The molecule has 2 aromatic carbocycles. The van der Waals surface area contributed by atoms with Crippen molar-refractivity contribution in [2.75, 3.05) is 18.4 Å². The van der Waals surface area contributed by atoms with Crippen LogP contribution in [0.2, 0.25) is 0 Å². The van der Waals surface area contributed by atoms with Crippen molar-refractivity contribution in [3.8, 4) is 0 Å². The second kappa shape index (κ2) is 9.74. The smallest absolute Gasteiger partial charge is 0.411 e. The Labute approximate surface area is 205 Å². The van der Waals surface area contributed by atoms with E-state index in [0.29, 0.717) is 30.8 Å². The summed E-state index contributed by atoms with van der Waals surface area (Å²) >= 11 is 3.41. The second-order valence-electron chi connectivity index (χ2n) is 8.07. The number of nitrogens with zero attached hydrogens (tertiary/aromatic N) is 3. The van der Waals surface area contributed by atoms with E-state index in [1.807, 2.05) is 42.5 Å². The van der Waals surface area contributed by atoms with Crippen LogP contribution in [0.4, 0.5) is 10.5 Å². The van der Waals surface area contributed by atoms with E-state index < -0.39 is 6.09 Å². The van der Waals surface area contributed by atoms with Gasteiger partial charge < -0.3 is 10.1 Å². The van der Waals surface area contributed by atoms with Gasteiger partial charge in [0.1, 0.15) is 12.1 Å². The number of carbonyl (C=O) groups excluding carboxylic acids is 2. The van der Waals surface area contributed by atoms with Gasteiger partial charge in [0.05, 0.1) is 11.4 Å². The number of pyridine rings is 1. The summed E-state index contributed by atoms with van der Waals surface area (Å²) in [7, 11) is 0. The number of aromatic nitrogens is 1. The molecule has 0 saturated carbocycles.